The first-order valence-electron chi connectivity index (χ1n) is 6.66. The first kappa shape index (κ1) is 13.1. The van der Waals surface area contributed by atoms with Crippen LogP contribution in [0.5, 0.6) is 0 Å². The van der Waals surface area contributed by atoms with Crippen molar-refractivity contribution in [3.05, 3.63) is 48.0 Å². The van der Waals surface area contributed by atoms with Gasteiger partial charge in [-0.15, -0.1) is 0 Å². The van der Waals surface area contributed by atoms with Crippen LogP contribution >= 0.6 is 0 Å². The van der Waals surface area contributed by atoms with Crippen LogP contribution in [0.2, 0.25) is 0 Å². The Morgan fingerprint density at radius 2 is 1.72 bits per heavy atom. The summed E-state index contributed by atoms with van der Waals surface area (Å²) in [5.41, 5.74) is 13.6. The van der Waals surface area contributed by atoms with Crippen LogP contribution in [0.15, 0.2) is 42.5 Å². The predicted molar refractivity (Wildman–Crippen MR) is 78.4 cm³/mol. The SMILES string of the molecule is CCC(N)C(N)(CC)c1cccc2ccccc12. The Kier molecular flexibility index (Phi) is 3.69. The van der Waals surface area contributed by atoms with Gasteiger partial charge in [-0.3, -0.25) is 0 Å². The fourth-order valence-electron chi connectivity index (χ4n) is 2.65. The number of hydrogen-bond donors (Lipinski definition) is 2. The molecule has 96 valence electrons. The molecule has 2 unspecified atom stereocenters. The maximum absolute atomic E-state index is 6.61. The summed E-state index contributed by atoms with van der Waals surface area (Å²) in [6.45, 7) is 4.20. The summed E-state index contributed by atoms with van der Waals surface area (Å²) in [5.74, 6) is 0. The highest BCUT2D eigenvalue weighted by Gasteiger charge is 2.32. The second kappa shape index (κ2) is 5.09. The molecule has 0 fully saturated rings. The van der Waals surface area contributed by atoms with Gasteiger partial charge in [0.1, 0.15) is 0 Å². The van der Waals surface area contributed by atoms with Crippen molar-refractivity contribution in [2.75, 3.05) is 0 Å². The van der Waals surface area contributed by atoms with Crippen molar-refractivity contribution in [3.8, 4) is 0 Å². The van der Waals surface area contributed by atoms with Crippen LogP contribution in [0.1, 0.15) is 32.3 Å². The van der Waals surface area contributed by atoms with Crippen LogP contribution in [-0.4, -0.2) is 6.04 Å². The minimum atomic E-state index is -0.449. The molecule has 2 aromatic carbocycles. The second-order valence-corrected chi connectivity index (χ2v) is 4.94. The Hall–Kier alpha value is -1.38. The normalized spacial score (nSPS) is 16.4. The lowest BCUT2D eigenvalue weighted by Gasteiger charge is -2.35. The summed E-state index contributed by atoms with van der Waals surface area (Å²) in [6.07, 6.45) is 1.73. The lowest BCUT2D eigenvalue weighted by atomic mass is 9.78. The van der Waals surface area contributed by atoms with Gasteiger partial charge in [0.25, 0.3) is 0 Å². The maximum Gasteiger partial charge on any atom is 0.0566 e. The summed E-state index contributed by atoms with van der Waals surface area (Å²) >= 11 is 0. The van der Waals surface area contributed by atoms with E-state index in [-0.39, 0.29) is 6.04 Å². The van der Waals surface area contributed by atoms with Gasteiger partial charge in [0.15, 0.2) is 0 Å². The summed E-state index contributed by atoms with van der Waals surface area (Å²) in [4.78, 5) is 0. The molecule has 2 rings (SSSR count). The molecular weight excluding hydrogens is 220 g/mol. The highest BCUT2D eigenvalue weighted by Crippen LogP contribution is 2.32. The van der Waals surface area contributed by atoms with Gasteiger partial charge in [0, 0.05) is 6.04 Å². The van der Waals surface area contributed by atoms with E-state index >= 15 is 0 Å². The number of nitrogens with two attached hydrogens (primary N) is 2. The van der Waals surface area contributed by atoms with Gasteiger partial charge in [-0.05, 0) is 29.2 Å². The van der Waals surface area contributed by atoms with Gasteiger partial charge in [0.2, 0.25) is 0 Å². The van der Waals surface area contributed by atoms with Crippen LogP contribution in [0.25, 0.3) is 10.8 Å². The minimum Gasteiger partial charge on any atom is -0.326 e. The molecule has 0 spiro atoms. The van der Waals surface area contributed by atoms with Gasteiger partial charge < -0.3 is 11.5 Å². The first-order valence-corrected chi connectivity index (χ1v) is 6.66. The molecule has 0 aliphatic rings. The van der Waals surface area contributed by atoms with Crippen LogP contribution in [0.4, 0.5) is 0 Å². The van der Waals surface area contributed by atoms with Crippen molar-refractivity contribution in [3.63, 3.8) is 0 Å². The minimum absolute atomic E-state index is 0.0201. The van der Waals surface area contributed by atoms with Gasteiger partial charge in [-0.25, -0.2) is 0 Å². The third kappa shape index (κ3) is 2.02. The fraction of sp³-hybridized carbons (Fsp3) is 0.375. The largest absolute Gasteiger partial charge is 0.326 e. The maximum atomic E-state index is 6.61. The van der Waals surface area contributed by atoms with Gasteiger partial charge >= 0.3 is 0 Å². The zero-order valence-electron chi connectivity index (χ0n) is 11.2. The Morgan fingerprint density at radius 1 is 1.06 bits per heavy atom. The Balaban J connectivity index is 2.65. The van der Waals surface area contributed by atoms with E-state index < -0.39 is 5.54 Å². The quantitative estimate of drug-likeness (QED) is 0.865. The molecule has 2 aromatic rings. The zero-order valence-corrected chi connectivity index (χ0v) is 11.2. The zero-order chi connectivity index (χ0) is 13.2. The average molecular weight is 242 g/mol. The molecule has 2 atom stereocenters. The molecule has 0 saturated heterocycles. The second-order valence-electron chi connectivity index (χ2n) is 4.94. The number of hydrogen-bond acceptors (Lipinski definition) is 2. The molecule has 0 amide bonds. The lowest BCUT2D eigenvalue weighted by molar-refractivity contribution is 0.335. The number of fused-ring (bicyclic) bond motifs is 1. The molecule has 4 N–H and O–H groups in total. The van der Waals surface area contributed by atoms with Crippen LogP contribution in [0, 0.1) is 0 Å². The molecular formula is C16H22N2. The molecule has 0 aliphatic carbocycles. The average Bonchev–Trinajstić information content (AvgIpc) is 2.45. The molecule has 2 nitrogen and oxygen atoms in total. The van der Waals surface area contributed by atoms with E-state index in [1.54, 1.807) is 0 Å². The monoisotopic (exact) mass is 242 g/mol. The van der Waals surface area contributed by atoms with Crippen LogP contribution in [0.3, 0.4) is 0 Å². The van der Waals surface area contributed by atoms with Crippen molar-refractivity contribution in [1.82, 2.24) is 0 Å². The van der Waals surface area contributed by atoms with Crippen molar-refractivity contribution in [2.24, 2.45) is 11.5 Å². The highest BCUT2D eigenvalue weighted by molar-refractivity contribution is 5.86. The van der Waals surface area contributed by atoms with Crippen molar-refractivity contribution >= 4 is 10.8 Å². The molecule has 0 aromatic heterocycles. The van der Waals surface area contributed by atoms with E-state index in [1.165, 1.54) is 10.8 Å². The molecule has 18 heavy (non-hydrogen) atoms. The van der Waals surface area contributed by atoms with E-state index in [0.29, 0.717) is 0 Å². The smallest absolute Gasteiger partial charge is 0.0566 e. The topological polar surface area (TPSA) is 52.0 Å². The fourth-order valence-corrected chi connectivity index (χ4v) is 2.65. The van der Waals surface area contributed by atoms with Crippen LogP contribution in [-0.2, 0) is 5.54 Å². The first-order chi connectivity index (χ1) is 8.63. The third-order valence-electron chi connectivity index (χ3n) is 3.98. The molecule has 0 saturated carbocycles. The summed E-state index contributed by atoms with van der Waals surface area (Å²) in [5, 5.41) is 2.44. The lowest BCUT2D eigenvalue weighted by Crippen LogP contribution is -2.51. The third-order valence-corrected chi connectivity index (χ3v) is 3.98. The van der Waals surface area contributed by atoms with Gasteiger partial charge in [-0.1, -0.05) is 56.3 Å². The summed E-state index contributed by atoms with van der Waals surface area (Å²) in [6, 6.07) is 14.6. The summed E-state index contributed by atoms with van der Waals surface area (Å²) < 4.78 is 0. The number of rotatable bonds is 4. The Bertz CT molecular complexity index is 530. The predicted octanol–water partition coefficient (Wildman–Crippen LogP) is 3.14. The van der Waals surface area contributed by atoms with E-state index in [9.17, 15) is 0 Å². The van der Waals surface area contributed by atoms with E-state index in [0.717, 1.165) is 18.4 Å². The van der Waals surface area contributed by atoms with Crippen molar-refractivity contribution in [1.29, 1.82) is 0 Å². The van der Waals surface area contributed by atoms with E-state index in [1.807, 2.05) is 0 Å². The van der Waals surface area contributed by atoms with Crippen molar-refractivity contribution < 1.29 is 0 Å². The van der Waals surface area contributed by atoms with Gasteiger partial charge in [0.05, 0.1) is 5.54 Å². The molecule has 0 aliphatic heterocycles. The summed E-state index contributed by atoms with van der Waals surface area (Å²) in [7, 11) is 0. The Morgan fingerprint density at radius 3 is 2.39 bits per heavy atom. The van der Waals surface area contributed by atoms with E-state index in [2.05, 4.69) is 56.3 Å². The Labute approximate surface area is 109 Å². The molecule has 2 heteroatoms. The van der Waals surface area contributed by atoms with Crippen molar-refractivity contribution in [2.45, 2.75) is 38.3 Å². The highest BCUT2D eigenvalue weighted by atomic mass is 14.9. The van der Waals surface area contributed by atoms with Crippen LogP contribution < -0.4 is 11.5 Å². The van der Waals surface area contributed by atoms with Gasteiger partial charge in [-0.2, -0.15) is 0 Å². The molecule has 0 radical (unpaired) electrons. The molecule has 0 bridgehead atoms. The molecule has 0 heterocycles. The van der Waals surface area contributed by atoms with E-state index in [4.69, 9.17) is 11.5 Å². The number of benzene rings is 2. The standard InChI is InChI=1S/C16H22N2/c1-3-15(17)16(18,4-2)14-11-7-9-12-8-5-6-10-13(12)14/h5-11,15H,3-4,17-18H2,1-2H3.